The summed E-state index contributed by atoms with van der Waals surface area (Å²) in [6.45, 7) is 4.24. The van der Waals surface area contributed by atoms with Gasteiger partial charge in [0.2, 0.25) is 0 Å². The highest BCUT2D eigenvalue weighted by Crippen LogP contribution is 2.37. The number of rotatable bonds is 4. The molecule has 2 N–H and O–H groups in total. The number of piperidine rings is 1. The lowest BCUT2D eigenvalue weighted by atomic mass is 9.73. The highest BCUT2D eigenvalue weighted by Gasteiger charge is 2.48. The molecule has 0 aliphatic carbocycles. The second-order valence-corrected chi connectivity index (χ2v) is 6.58. The van der Waals surface area contributed by atoms with Crippen LogP contribution in [0.15, 0.2) is 11.4 Å². The van der Waals surface area contributed by atoms with Crippen LogP contribution in [0.1, 0.15) is 41.4 Å². The van der Waals surface area contributed by atoms with E-state index in [1.165, 1.54) is 11.3 Å². The van der Waals surface area contributed by atoms with Gasteiger partial charge in [-0.2, -0.15) is 0 Å². The van der Waals surface area contributed by atoms with Crippen LogP contribution in [0.5, 0.6) is 0 Å². The largest absolute Gasteiger partial charge is 0.481 e. The molecule has 1 aliphatic rings. The van der Waals surface area contributed by atoms with Gasteiger partial charge >= 0.3 is 5.97 Å². The number of aliphatic hydroxyl groups excluding tert-OH is 1. The van der Waals surface area contributed by atoms with E-state index in [4.69, 9.17) is 0 Å². The number of carbonyl (C=O) groups excluding carboxylic acids is 1. The third-order valence-corrected chi connectivity index (χ3v) is 5.33. The fourth-order valence-corrected chi connectivity index (χ4v) is 3.88. The van der Waals surface area contributed by atoms with Gasteiger partial charge in [0.1, 0.15) is 0 Å². The van der Waals surface area contributed by atoms with Crippen LogP contribution in [0.2, 0.25) is 0 Å². The number of hydrogen-bond acceptors (Lipinski definition) is 4. The average molecular weight is 311 g/mol. The minimum atomic E-state index is -1.12. The molecule has 0 radical (unpaired) electrons. The molecule has 21 heavy (non-hydrogen) atoms. The van der Waals surface area contributed by atoms with Gasteiger partial charge in [0.15, 0.2) is 0 Å². The average Bonchev–Trinajstić information content (AvgIpc) is 2.86. The summed E-state index contributed by atoms with van der Waals surface area (Å²) < 4.78 is 0. The van der Waals surface area contributed by atoms with E-state index in [-0.39, 0.29) is 12.5 Å². The minimum Gasteiger partial charge on any atom is -0.481 e. The molecule has 2 rings (SSSR count). The van der Waals surface area contributed by atoms with Gasteiger partial charge in [-0.05, 0) is 36.8 Å². The van der Waals surface area contributed by atoms with Crippen LogP contribution in [0.25, 0.3) is 0 Å². The first-order valence-corrected chi connectivity index (χ1v) is 8.05. The van der Waals surface area contributed by atoms with Crippen LogP contribution in [-0.2, 0) is 4.79 Å². The van der Waals surface area contributed by atoms with Crippen LogP contribution < -0.4 is 0 Å². The number of carboxylic acids is 1. The third-order valence-electron chi connectivity index (χ3n) is 4.32. The maximum Gasteiger partial charge on any atom is 0.312 e. The molecule has 0 saturated carbocycles. The van der Waals surface area contributed by atoms with E-state index in [9.17, 15) is 19.8 Å². The zero-order chi connectivity index (χ0) is 15.6. The number of hydrogen-bond donors (Lipinski definition) is 2. The predicted molar refractivity (Wildman–Crippen MR) is 80.6 cm³/mol. The molecule has 2 atom stereocenters. The van der Waals surface area contributed by atoms with Crippen molar-refractivity contribution in [1.29, 1.82) is 0 Å². The van der Waals surface area contributed by atoms with Crippen LogP contribution in [0, 0.1) is 12.3 Å². The van der Waals surface area contributed by atoms with Crippen LogP contribution in [0.4, 0.5) is 0 Å². The van der Waals surface area contributed by atoms with Gasteiger partial charge < -0.3 is 15.1 Å². The molecule has 2 heterocycles. The van der Waals surface area contributed by atoms with Crippen molar-refractivity contribution >= 4 is 23.2 Å². The number of aliphatic hydroxyl groups is 1. The van der Waals surface area contributed by atoms with Crippen molar-refractivity contribution in [2.75, 3.05) is 13.1 Å². The summed E-state index contributed by atoms with van der Waals surface area (Å²) in [5.74, 6) is -1.08. The molecule has 1 aliphatic heterocycles. The van der Waals surface area contributed by atoms with E-state index < -0.39 is 17.5 Å². The standard InChI is InChI=1S/C15H21NO4S/c1-3-5-15(14(19)20)6-7-16(9-11(15)17)13(18)12-10(2)4-8-21-12/h4,8,11,17H,3,5-7,9H2,1-2H3,(H,19,20)/t11?,15-/m0/s1. The van der Waals surface area contributed by atoms with Crippen molar-refractivity contribution in [2.45, 2.75) is 39.2 Å². The SMILES string of the molecule is CCC[C@]1(C(=O)O)CCN(C(=O)c2sccc2C)CC1O. The quantitative estimate of drug-likeness (QED) is 0.893. The topological polar surface area (TPSA) is 77.8 Å². The number of carboxylic acid groups (broad SMARTS) is 1. The van der Waals surface area contributed by atoms with Crippen molar-refractivity contribution in [1.82, 2.24) is 4.90 Å². The zero-order valence-corrected chi connectivity index (χ0v) is 13.2. The Morgan fingerprint density at radius 1 is 1.52 bits per heavy atom. The van der Waals surface area contributed by atoms with E-state index >= 15 is 0 Å². The van der Waals surface area contributed by atoms with Crippen molar-refractivity contribution in [3.05, 3.63) is 21.9 Å². The lowest BCUT2D eigenvalue weighted by molar-refractivity contribution is -0.162. The lowest BCUT2D eigenvalue weighted by Crippen LogP contribution is -2.56. The van der Waals surface area contributed by atoms with Gasteiger partial charge in [-0.1, -0.05) is 13.3 Å². The molecule has 1 unspecified atom stereocenters. The molecule has 1 aromatic heterocycles. The summed E-state index contributed by atoms with van der Waals surface area (Å²) >= 11 is 1.38. The summed E-state index contributed by atoms with van der Waals surface area (Å²) in [6, 6.07) is 1.89. The molecule has 5 nitrogen and oxygen atoms in total. The fraction of sp³-hybridized carbons (Fsp3) is 0.600. The summed E-state index contributed by atoms with van der Waals surface area (Å²) in [4.78, 5) is 26.3. The number of amides is 1. The number of likely N-dealkylation sites (tertiary alicyclic amines) is 1. The molecule has 0 bridgehead atoms. The smallest absolute Gasteiger partial charge is 0.312 e. The van der Waals surface area contributed by atoms with Gasteiger partial charge in [0.25, 0.3) is 5.91 Å². The third kappa shape index (κ3) is 2.82. The first kappa shape index (κ1) is 16.0. The number of carbonyl (C=O) groups is 2. The Bertz CT molecular complexity index is 542. The summed E-state index contributed by atoms with van der Waals surface area (Å²) in [5.41, 5.74) is -0.196. The van der Waals surface area contributed by atoms with Crippen LogP contribution in [0.3, 0.4) is 0 Å². The number of aliphatic carboxylic acids is 1. The number of β-amino-alcohol motifs (C(OH)–C–C–N with tert-alkyl or cyclic N) is 1. The zero-order valence-electron chi connectivity index (χ0n) is 12.3. The maximum atomic E-state index is 12.4. The molecule has 116 valence electrons. The first-order chi connectivity index (χ1) is 9.92. The van der Waals surface area contributed by atoms with E-state index in [1.54, 1.807) is 4.90 Å². The summed E-state index contributed by atoms with van der Waals surface area (Å²) in [7, 11) is 0. The Hall–Kier alpha value is -1.40. The van der Waals surface area contributed by atoms with E-state index in [0.29, 0.717) is 30.7 Å². The first-order valence-electron chi connectivity index (χ1n) is 7.17. The number of aryl methyl sites for hydroxylation is 1. The second kappa shape index (κ2) is 6.15. The maximum absolute atomic E-state index is 12.4. The molecular weight excluding hydrogens is 290 g/mol. The molecule has 1 aromatic rings. The molecule has 1 fully saturated rings. The predicted octanol–water partition coefficient (Wildman–Crippen LogP) is 2.13. The Labute approximate surface area is 128 Å². The summed E-state index contributed by atoms with van der Waals surface area (Å²) in [6.07, 6.45) is 0.409. The molecule has 0 aromatic carbocycles. The lowest BCUT2D eigenvalue weighted by Gasteiger charge is -2.42. The fourth-order valence-electron chi connectivity index (χ4n) is 2.99. The van der Waals surface area contributed by atoms with Gasteiger partial charge in [0, 0.05) is 13.1 Å². The van der Waals surface area contributed by atoms with Gasteiger partial charge in [-0.15, -0.1) is 11.3 Å². The van der Waals surface area contributed by atoms with Crippen LogP contribution in [-0.4, -0.2) is 46.2 Å². The molecule has 0 spiro atoms. The van der Waals surface area contributed by atoms with Crippen molar-refractivity contribution in [3.63, 3.8) is 0 Å². The summed E-state index contributed by atoms with van der Waals surface area (Å²) in [5, 5.41) is 21.7. The number of thiophene rings is 1. The Balaban J connectivity index is 2.15. The molecule has 1 amide bonds. The number of nitrogens with zero attached hydrogens (tertiary/aromatic N) is 1. The highest BCUT2D eigenvalue weighted by atomic mass is 32.1. The van der Waals surface area contributed by atoms with Crippen LogP contribution >= 0.6 is 11.3 Å². The monoisotopic (exact) mass is 311 g/mol. The van der Waals surface area contributed by atoms with Crippen molar-refractivity contribution in [2.24, 2.45) is 5.41 Å². The second-order valence-electron chi connectivity index (χ2n) is 5.66. The normalized spacial score (nSPS) is 25.9. The molecule has 6 heteroatoms. The van der Waals surface area contributed by atoms with Gasteiger partial charge in [0.05, 0.1) is 16.4 Å². The van der Waals surface area contributed by atoms with Crippen molar-refractivity contribution in [3.8, 4) is 0 Å². The van der Waals surface area contributed by atoms with E-state index in [2.05, 4.69) is 0 Å². The van der Waals surface area contributed by atoms with Crippen molar-refractivity contribution < 1.29 is 19.8 Å². The Kier molecular flexibility index (Phi) is 4.68. The van der Waals surface area contributed by atoms with E-state index in [0.717, 1.165) is 5.56 Å². The Morgan fingerprint density at radius 2 is 2.24 bits per heavy atom. The highest BCUT2D eigenvalue weighted by molar-refractivity contribution is 7.12. The molecule has 1 saturated heterocycles. The van der Waals surface area contributed by atoms with Gasteiger partial charge in [-0.3, -0.25) is 9.59 Å². The Morgan fingerprint density at radius 3 is 2.71 bits per heavy atom. The molecular formula is C15H21NO4S. The van der Waals surface area contributed by atoms with Gasteiger partial charge in [-0.25, -0.2) is 0 Å². The minimum absolute atomic E-state index is 0.0858. The van der Waals surface area contributed by atoms with E-state index in [1.807, 2.05) is 25.3 Å².